The van der Waals surface area contributed by atoms with E-state index < -0.39 is 0 Å². The number of hydrogen-bond donors (Lipinski definition) is 0. The Morgan fingerprint density at radius 3 is 2.64 bits per heavy atom. The van der Waals surface area contributed by atoms with Gasteiger partial charge >= 0.3 is 0 Å². The van der Waals surface area contributed by atoms with Gasteiger partial charge in [-0.2, -0.15) is 0 Å². The Balaban J connectivity index is 2.66. The minimum Gasteiger partial charge on any atom is -0.0979 e. The lowest BCUT2D eigenvalue weighted by molar-refractivity contribution is 0.828. The zero-order valence-electron chi connectivity index (χ0n) is 8.11. The standard InChI is InChI=1S/C12H12Cl2/c1-2-3-4-5-6-10-7-8-11(13)12(14)9-10/h7-9H,2-4H2,1H3. The fourth-order valence-electron chi connectivity index (χ4n) is 1.00. The van der Waals surface area contributed by atoms with Gasteiger partial charge in [-0.05, 0) is 24.6 Å². The molecule has 1 aromatic rings. The number of hydrogen-bond acceptors (Lipinski definition) is 0. The van der Waals surface area contributed by atoms with Crippen LogP contribution in [0.3, 0.4) is 0 Å². The Labute approximate surface area is 95.2 Å². The zero-order chi connectivity index (χ0) is 10.4. The Morgan fingerprint density at radius 2 is 2.00 bits per heavy atom. The highest BCUT2D eigenvalue weighted by Crippen LogP contribution is 2.21. The fraction of sp³-hybridized carbons (Fsp3) is 0.333. The first-order valence-electron chi connectivity index (χ1n) is 4.68. The van der Waals surface area contributed by atoms with Crippen LogP contribution in [-0.4, -0.2) is 0 Å². The number of rotatable bonds is 2. The quantitative estimate of drug-likeness (QED) is 0.514. The topological polar surface area (TPSA) is 0 Å². The highest BCUT2D eigenvalue weighted by molar-refractivity contribution is 6.42. The van der Waals surface area contributed by atoms with Crippen LogP contribution in [0.2, 0.25) is 10.0 Å². The maximum Gasteiger partial charge on any atom is 0.0604 e. The Hall–Kier alpha value is -0.640. The fourth-order valence-corrected chi connectivity index (χ4v) is 1.30. The second kappa shape index (κ2) is 5.96. The molecule has 0 bridgehead atoms. The molecule has 0 fully saturated rings. The summed E-state index contributed by atoms with van der Waals surface area (Å²) in [6, 6.07) is 5.45. The molecule has 0 saturated carbocycles. The van der Waals surface area contributed by atoms with Gasteiger partial charge in [0, 0.05) is 12.0 Å². The van der Waals surface area contributed by atoms with E-state index in [4.69, 9.17) is 23.2 Å². The summed E-state index contributed by atoms with van der Waals surface area (Å²) in [5.41, 5.74) is 0.926. The van der Waals surface area contributed by atoms with Crippen molar-refractivity contribution >= 4 is 23.2 Å². The number of unbranched alkanes of at least 4 members (excludes halogenated alkanes) is 2. The van der Waals surface area contributed by atoms with Crippen LogP contribution in [0.15, 0.2) is 18.2 Å². The minimum atomic E-state index is 0.564. The number of benzene rings is 1. The molecule has 1 aromatic carbocycles. The number of halogens is 2. The molecule has 0 saturated heterocycles. The largest absolute Gasteiger partial charge is 0.0979 e. The Bertz CT molecular complexity index is 358. The molecule has 0 aliphatic rings. The molecule has 74 valence electrons. The van der Waals surface area contributed by atoms with E-state index in [2.05, 4.69) is 18.8 Å². The summed E-state index contributed by atoms with van der Waals surface area (Å²) in [5.74, 6) is 6.15. The average molecular weight is 227 g/mol. The van der Waals surface area contributed by atoms with Crippen molar-refractivity contribution in [2.24, 2.45) is 0 Å². The summed E-state index contributed by atoms with van der Waals surface area (Å²) in [4.78, 5) is 0. The van der Waals surface area contributed by atoms with Gasteiger partial charge in [0.2, 0.25) is 0 Å². The second-order valence-electron chi connectivity index (χ2n) is 3.03. The van der Waals surface area contributed by atoms with Crippen LogP contribution >= 0.6 is 23.2 Å². The second-order valence-corrected chi connectivity index (χ2v) is 3.85. The van der Waals surface area contributed by atoms with E-state index in [-0.39, 0.29) is 0 Å². The first kappa shape index (κ1) is 11.4. The smallest absolute Gasteiger partial charge is 0.0604 e. The highest BCUT2D eigenvalue weighted by Gasteiger charge is 1.96. The van der Waals surface area contributed by atoms with E-state index in [0.717, 1.165) is 18.4 Å². The molecule has 0 aromatic heterocycles. The Kier molecular flexibility index (Phi) is 4.87. The van der Waals surface area contributed by atoms with Gasteiger partial charge in [-0.3, -0.25) is 0 Å². The van der Waals surface area contributed by atoms with Crippen LogP contribution in [0.4, 0.5) is 0 Å². The van der Waals surface area contributed by atoms with Gasteiger partial charge in [-0.15, -0.1) is 0 Å². The van der Waals surface area contributed by atoms with Gasteiger partial charge < -0.3 is 0 Å². The average Bonchev–Trinajstić information content (AvgIpc) is 2.18. The van der Waals surface area contributed by atoms with Gasteiger partial charge in [0.05, 0.1) is 10.0 Å². The lowest BCUT2D eigenvalue weighted by Gasteiger charge is -1.94. The molecule has 0 amide bonds. The predicted octanol–water partition coefficient (Wildman–Crippen LogP) is 4.54. The van der Waals surface area contributed by atoms with E-state index in [0.29, 0.717) is 10.0 Å². The minimum absolute atomic E-state index is 0.564. The lowest BCUT2D eigenvalue weighted by Crippen LogP contribution is -1.75. The molecule has 0 nitrogen and oxygen atoms in total. The van der Waals surface area contributed by atoms with Crippen LogP contribution in [0.1, 0.15) is 31.7 Å². The maximum absolute atomic E-state index is 5.85. The zero-order valence-corrected chi connectivity index (χ0v) is 9.62. The monoisotopic (exact) mass is 226 g/mol. The predicted molar refractivity (Wildman–Crippen MR) is 62.9 cm³/mol. The summed E-state index contributed by atoms with van der Waals surface area (Å²) in [7, 11) is 0. The third-order valence-corrected chi connectivity index (χ3v) is 2.55. The lowest BCUT2D eigenvalue weighted by atomic mass is 10.2. The van der Waals surface area contributed by atoms with Gasteiger partial charge in [0.1, 0.15) is 0 Å². The van der Waals surface area contributed by atoms with E-state index in [1.54, 1.807) is 12.1 Å². The summed E-state index contributed by atoms with van der Waals surface area (Å²) in [6.07, 6.45) is 3.27. The van der Waals surface area contributed by atoms with E-state index in [9.17, 15) is 0 Å². The molecule has 0 radical (unpaired) electrons. The van der Waals surface area contributed by atoms with Crippen molar-refractivity contribution in [1.29, 1.82) is 0 Å². The SMILES string of the molecule is CCCCC#Cc1ccc(Cl)c(Cl)c1. The van der Waals surface area contributed by atoms with E-state index >= 15 is 0 Å². The van der Waals surface area contributed by atoms with Gasteiger partial charge in [-0.1, -0.05) is 48.4 Å². The van der Waals surface area contributed by atoms with Crippen molar-refractivity contribution in [1.82, 2.24) is 0 Å². The van der Waals surface area contributed by atoms with Crippen molar-refractivity contribution in [3.8, 4) is 11.8 Å². The van der Waals surface area contributed by atoms with Crippen LogP contribution in [0.5, 0.6) is 0 Å². The molecule has 0 spiro atoms. The summed E-state index contributed by atoms with van der Waals surface area (Å²) in [6.45, 7) is 2.15. The summed E-state index contributed by atoms with van der Waals surface area (Å²) in [5, 5.41) is 1.14. The van der Waals surface area contributed by atoms with Crippen molar-refractivity contribution in [3.05, 3.63) is 33.8 Å². The van der Waals surface area contributed by atoms with E-state index in [1.807, 2.05) is 6.07 Å². The molecule has 0 unspecified atom stereocenters. The van der Waals surface area contributed by atoms with Crippen LogP contribution in [0.25, 0.3) is 0 Å². The maximum atomic E-state index is 5.85. The molecule has 2 heteroatoms. The van der Waals surface area contributed by atoms with Crippen molar-refractivity contribution in [3.63, 3.8) is 0 Å². The van der Waals surface area contributed by atoms with Crippen LogP contribution in [-0.2, 0) is 0 Å². The van der Waals surface area contributed by atoms with Crippen LogP contribution in [0, 0.1) is 11.8 Å². The molecule has 0 heterocycles. The third kappa shape index (κ3) is 3.62. The normalized spacial score (nSPS) is 9.36. The molecule has 0 aliphatic heterocycles. The molecule has 1 rings (SSSR count). The Morgan fingerprint density at radius 1 is 1.21 bits per heavy atom. The molecule has 14 heavy (non-hydrogen) atoms. The summed E-state index contributed by atoms with van der Waals surface area (Å²) < 4.78 is 0. The first-order valence-corrected chi connectivity index (χ1v) is 5.43. The van der Waals surface area contributed by atoms with Gasteiger partial charge in [-0.25, -0.2) is 0 Å². The molecule has 0 N–H and O–H groups in total. The van der Waals surface area contributed by atoms with Crippen molar-refractivity contribution < 1.29 is 0 Å². The third-order valence-electron chi connectivity index (χ3n) is 1.81. The van der Waals surface area contributed by atoms with Crippen LogP contribution < -0.4 is 0 Å². The summed E-state index contributed by atoms with van der Waals surface area (Å²) >= 11 is 11.6. The van der Waals surface area contributed by atoms with Crippen molar-refractivity contribution in [2.45, 2.75) is 26.2 Å². The van der Waals surface area contributed by atoms with Gasteiger partial charge in [0.25, 0.3) is 0 Å². The highest BCUT2D eigenvalue weighted by atomic mass is 35.5. The molecule has 0 atom stereocenters. The first-order chi connectivity index (χ1) is 6.74. The molecular weight excluding hydrogens is 215 g/mol. The molecule has 0 aliphatic carbocycles. The molecular formula is C12H12Cl2. The van der Waals surface area contributed by atoms with Crippen molar-refractivity contribution in [2.75, 3.05) is 0 Å². The van der Waals surface area contributed by atoms with Gasteiger partial charge in [0.15, 0.2) is 0 Å². The van der Waals surface area contributed by atoms with E-state index in [1.165, 1.54) is 6.42 Å².